The fourth-order valence-corrected chi connectivity index (χ4v) is 6.02. The molecule has 4 aromatic rings. The van der Waals surface area contributed by atoms with Gasteiger partial charge in [-0.2, -0.15) is 0 Å². The number of amides is 1. The Morgan fingerprint density at radius 2 is 1.70 bits per heavy atom. The van der Waals surface area contributed by atoms with Crippen LogP contribution in [0.4, 0.5) is 11.4 Å². The van der Waals surface area contributed by atoms with E-state index in [4.69, 9.17) is 9.47 Å². The maximum absolute atomic E-state index is 14.2. The quantitative estimate of drug-likeness (QED) is 0.305. The maximum Gasteiger partial charge on any atom is 0.294 e. The van der Waals surface area contributed by atoms with Crippen molar-refractivity contribution in [3.8, 4) is 22.1 Å². The second-order valence-corrected chi connectivity index (χ2v) is 10.8. The van der Waals surface area contributed by atoms with Crippen LogP contribution < -0.4 is 19.3 Å². The van der Waals surface area contributed by atoms with Gasteiger partial charge in [-0.1, -0.05) is 42.5 Å². The van der Waals surface area contributed by atoms with Crippen LogP contribution in [-0.4, -0.2) is 49.1 Å². The van der Waals surface area contributed by atoms with Crippen molar-refractivity contribution in [2.75, 3.05) is 37.1 Å². The van der Waals surface area contributed by atoms with E-state index in [1.54, 1.807) is 25.1 Å². The molecule has 3 heterocycles. The Morgan fingerprint density at radius 1 is 1.00 bits per heavy atom. The Balaban J connectivity index is 1.46. The molecular formula is C31H27N3O5S. The Hall–Kier alpha value is -4.63. The SMILES string of the molecule is Cc1nc(-c2ccccc2)sc1C(=O)C1=C(O)C(=O)N(c2ccc3c(c2)OCCO3)C1c1ccc(N(C)C)cc1. The molecule has 3 aromatic carbocycles. The first kappa shape index (κ1) is 25.6. The summed E-state index contributed by atoms with van der Waals surface area (Å²) in [6, 6.07) is 21.5. The van der Waals surface area contributed by atoms with Crippen LogP contribution in [0.1, 0.15) is 27.0 Å². The van der Waals surface area contributed by atoms with Crippen molar-refractivity contribution in [2.24, 2.45) is 0 Å². The van der Waals surface area contributed by atoms with Crippen LogP contribution in [-0.2, 0) is 4.79 Å². The number of aryl methyl sites for hydroxylation is 1. The standard InChI is InChI=1S/C31H27N3O5S/c1-18-29(40-30(32-18)20-7-5-4-6-8-20)27(35)25-26(19-9-11-21(12-10-19)33(2)3)34(31(37)28(25)36)22-13-14-23-24(17-22)39-16-15-38-23/h4-14,17,26,36H,15-16H2,1-3H3. The number of aliphatic hydroxyl groups excluding tert-OH is 1. The smallest absolute Gasteiger partial charge is 0.294 e. The van der Waals surface area contributed by atoms with Crippen LogP contribution in [0, 0.1) is 6.92 Å². The zero-order valence-corrected chi connectivity index (χ0v) is 23.1. The third-order valence-electron chi connectivity index (χ3n) is 7.01. The van der Waals surface area contributed by atoms with E-state index in [0.717, 1.165) is 11.3 Å². The van der Waals surface area contributed by atoms with Gasteiger partial charge in [0.05, 0.1) is 22.2 Å². The van der Waals surface area contributed by atoms with E-state index in [0.29, 0.717) is 51.5 Å². The molecule has 1 N–H and O–H groups in total. The lowest BCUT2D eigenvalue weighted by atomic mass is 9.94. The van der Waals surface area contributed by atoms with E-state index in [-0.39, 0.29) is 5.57 Å². The molecule has 40 heavy (non-hydrogen) atoms. The first-order chi connectivity index (χ1) is 19.3. The highest BCUT2D eigenvalue weighted by Crippen LogP contribution is 2.45. The van der Waals surface area contributed by atoms with E-state index in [9.17, 15) is 14.7 Å². The predicted molar refractivity (Wildman–Crippen MR) is 155 cm³/mol. The summed E-state index contributed by atoms with van der Waals surface area (Å²) in [5.41, 5.74) is 3.59. The number of rotatable bonds is 6. The molecule has 9 heteroatoms. The van der Waals surface area contributed by atoms with Crippen LogP contribution in [0.25, 0.3) is 10.6 Å². The first-order valence-corrected chi connectivity index (χ1v) is 13.7. The van der Waals surface area contributed by atoms with Crippen LogP contribution in [0.15, 0.2) is 84.1 Å². The molecule has 0 bridgehead atoms. The van der Waals surface area contributed by atoms with Gasteiger partial charge in [0.15, 0.2) is 17.3 Å². The molecule has 0 saturated heterocycles. The number of ketones is 1. The van der Waals surface area contributed by atoms with E-state index in [1.165, 1.54) is 16.2 Å². The van der Waals surface area contributed by atoms with Crippen molar-refractivity contribution in [1.82, 2.24) is 4.98 Å². The van der Waals surface area contributed by atoms with Gasteiger partial charge >= 0.3 is 0 Å². The third kappa shape index (κ3) is 4.38. The van der Waals surface area contributed by atoms with Gasteiger partial charge in [-0.25, -0.2) is 4.98 Å². The number of aromatic nitrogens is 1. The number of Topliss-reactive ketones (excluding diaryl/α,β-unsaturated/α-hetero) is 1. The molecule has 0 aliphatic carbocycles. The highest BCUT2D eigenvalue weighted by Gasteiger charge is 2.45. The van der Waals surface area contributed by atoms with Gasteiger partial charge in [0.2, 0.25) is 5.78 Å². The lowest BCUT2D eigenvalue weighted by molar-refractivity contribution is -0.117. The summed E-state index contributed by atoms with van der Waals surface area (Å²) < 4.78 is 11.4. The normalized spacial score (nSPS) is 16.4. The number of aliphatic hydroxyl groups is 1. The number of nitrogens with zero attached hydrogens (tertiary/aromatic N) is 3. The minimum Gasteiger partial charge on any atom is -0.503 e. The fourth-order valence-electron chi connectivity index (χ4n) is 4.99. The largest absolute Gasteiger partial charge is 0.503 e. The lowest BCUT2D eigenvalue weighted by Crippen LogP contribution is -2.31. The van der Waals surface area contributed by atoms with Crippen molar-refractivity contribution < 1.29 is 24.2 Å². The minimum atomic E-state index is -0.861. The van der Waals surface area contributed by atoms with Crippen LogP contribution in [0.3, 0.4) is 0 Å². The topological polar surface area (TPSA) is 92.2 Å². The first-order valence-electron chi connectivity index (χ1n) is 12.8. The minimum absolute atomic E-state index is 0.0175. The van der Waals surface area contributed by atoms with Gasteiger partial charge < -0.3 is 19.5 Å². The highest BCUT2D eigenvalue weighted by atomic mass is 32.1. The number of hydrogen-bond acceptors (Lipinski definition) is 8. The monoisotopic (exact) mass is 553 g/mol. The predicted octanol–water partition coefficient (Wildman–Crippen LogP) is 5.74. The molecule has 1 aromatic heterocycles. The molecule has 0 fully saturated rings. The number of fused-ring (bicyclic) bond motifs is 1. The summed E-state index contributed by atoms with van der Waals surface area (Å²) in [7, 11) is 3.88. The third-order valence-corrected chi connectivity index (χ3v) is 8.21. The molecule has 1 unspecified atom stereocenters. The zero-order chi connectivity index (χ0) is 28.0. The average Bonchev–Trinajstić information content (AvgIpc) is 3.49. The van der Waals surface area contributed by atoms with Crippen molar-refractivity contribution in [3.63, 3.8) is 0 Å². The average molecular weight is 554 g/mol. The molecule has 1 atom stereocenters. The number of thiazole rings is 1. The maximum atomic E-state index is 14.2. The van der Waals surface area contributed by atoms with E-state index < -0.39 is 23.5 Å². The van der Waals surface area contributed by atoms with Gasteiger partial charge in [0.25, 0.3) is 5.91 Å². The van der Waals surface area contributed by atoms with Crippen molar-refractivity contribution >= 4 is 34.4 Å². The molecule has 0 saturated carbocycles. The van der Waals surface area contributed by atoms with E-state index >= 15 is 0 Å². The van der Waals surface area contributed by atoms with Crippen LogP contribution >= 0.6 is 11.3 Å². The molecule has 2 aliphatic heterocycles. The molecule has 8 nitrogen and oxygen atoms in total. The fraction of sp³-hybridized carbons (Fsp3) is 0.194. The summed E-state index contributed by atoms with van der Waals surface area (Å²) in [5, 5.41) is 11.9. The molecule has 2 aliphatic rings. The number of ether oxygens (including phenoxy) is 2. The Morgan fingerprint density at radius 3 is 2.40 bits per heavy atom. The van der Waals surface area contributed by atoms with Gasteiger partial charge in [-0.15, -0.1) is 11.3 Å². The number of anilines is 2. The molecule has 0 radical (unpaired) electrons. The number of carbonyl (C=O) groups excluding carboxylic acids is 2. The zero-order valence-electron chi connectivity index (χ0n) is 22.2. The molecule has 6 rings (SSSR count). The van der Waals surface area contributed by atoms with Crippen molar-refractivity contribution in [2.45, 2.75) is 13.0 Å². The van der Waals surface area contributed by atoms with Crippen molar-refractivity contribution in [3.05, 3.63) is 100 Å². The van der Waals surface area contributed by atoms with E-state index in [1.807, 2.05) is 73.6 Å². The summed E-state index contributed by atoms with van der Waals surface area (Å²) in [4.78, 5) is 36.2. The molecule has 202 valence electrons. The Kier molecular flexibility index (Phi) is 6.51. The molecule has 0 spiro atoms. The van der Waals surface area contributed by atoms with Gasteiger partial charge in [0, 0.05) is 37.1 Å². The second kappa shape index (κ2) is 10.2. The molecular weight excluding hydrogens is 526 g/mol. The van der Waals surface area contributed by atoms with Gasteiger partial charge in [-0.3, -0.25) is 14.5 Å². The van der Waals surface area contributed by atoms with E-state index in [2.05, 4.69) is 4.98 Å². The van der Waals surface area contributed by atoms with Gasteiger partial charge in [0.1, 0.15) is 18.2 Å². The summed E-state index contributed by atoms with van der Waals surface area (Å²) in [6.07, 6.45) is 0. The molecule has 1 amide bonds. The lowest BCUT2D eigenvalue weighted by Gasteiger charge is -2.28. The second-order valence-electron chi connectivity index (χ2n) is 9.78. The Bertz CT molecular complexity index is 1640. The Labute approximate surface area is 235 Å². The highest BCUT2D eigenvalue weighted by molar-refractivity contribution is 7.17. The number of hydrogen-bond donors (Lipinski definition) is 1. The van der Waals surface area contributed by atoms with Crippen LogP contribution in [0.2, 0.25) is 0 Å². The number of carbonyl (C=O) groups is 2. The number of benzene rings is 3. The van der Waals surface area contributed by atoms with Crippen LogP contribution in [0.5, 0.6) is 11.5 Å². The summed E-state index contributed by atoms with van der Waals surface area (Å²) in [5.74, 6) is -0.577. The van der Waals surface area contributed by atoms with Gasteiger partial charge in [-0.05, 0) is 36.8 Å². The van der Waals surface area contributed by atoms with Crippen molar-refractivity contribution in [1.29, 1.82) is 0 Å². The summed E-state index contributed by atoms with van der Waals surface area (Å²) >= 11 is 1.25. The summed E-state index contributed by atoms with van der Waals surface area (Å²) in [6.45, 7) is 2.60.